The molecule has 1 heterocycles. The van der Waals surface area contributed by atoms with Crippen molar-refractivity contribution in [2.45, 2.75) is 39.5 Å². The van der Waals surface area contributed by atoms with E-state index in [1.165, 1.54) is 0 Å². The molecule has 0 aliphatic rings. The van der Waals surface area contributed by atoms with Crippen molar-refractivity contribution in [2.24, 2.45) is 0 Å². The molecule has 1 aromatic heterocycles. The molecule has 21 heavy (non-hydrogen) atoms. The molecule has 0 radical (unpaired) electrons. The van der Waals surface area contributed by atoms with Gasteiger partial charge in [0.25, 0.3) is 0 Å². The zero-order chi connectivity index (χ0) is 15.2. The average molecular weight is 309 g/mol. The predicted molar refractivity (Wildman–Crippen MR) is 83.6 cm³/mol. The second kappa shape index (κ2) is 7.43. The maximum atomic E-state index is 6.07. The van der Waals surface area contributed by atoms with Crippen molar-refractivity contribution < 1.29 is 4.74 Å². The van der Waals surface area contributed by atoms with Gasteiger partial charge in [-0.2, -0.15) is 5.10 Å². The topological polar surface area (TPSA) is 52.0 Å². The summed E-state index contributed by atoms with van der Waals surface area (Å²) in [6, 6.07) is 5.81. The fourth-order valence-corrected chi connectivity index (χ4v) is 2.27. The van der Waals surface area contributed by atoms with Gasteiger partial charge in [-0.3, -0.25) is 0 Å². The van der Waals surface area contributed by atoms with E-state index >= 15 is 0 Å². The van der Waals surface area contributed by atoms with E-state index in [9.17, 15) is 0 Å². The third-order valence-electron chi connectivity index (χ3n) is 3.36. The van der Waals surface area contributed by atoms with E-state index in [0.29, 0.717) is 11.6 Å². The van der Waals surface area contributed by atoms with Gasteiger partial charge in [0.15, 0.2) is 5.82 Å². The molecule has 6 heteroatoms. The SMILES string of the molecule is CCCn1ncnc1COc1ccc(Cl)cc1C(C)NC. The molecule has 114 valence electrons. The van der Waals surface area contributed by atoms with Crippen molar-refractivity contribution in [1.29, 1.82) is 0 Å². The Hall–Kier alpha value is -1.59. The molecule has 0 aliphatic carbocycles. The highest BCUT2D eigenvalue weighted by atomic mass is 35.5. The normalized spacial score (nSPS) is 12.4. The number of aryl methyl sites for hydroxylation is 1. The molecule has 1 aromatic carbocycles. The fourth-order valence-electron chi connectivity index (χ4n) is 2.09. The van der Waals surface area contributed by atoms with E-state index in [2.05, 4.69) is 29.2 Å². The zero-order valence-electron chi connectivity index (χ0n) is 12.6. The first-order valence-corrected chi connectivity index (χ1v) is 7.49. The Balaban J connectivity index is 2.14. The minimum Gasteiger partial charge on any atom is -0.485 e. The van der Waals surface area contributed by atoms with Gasteiger partial charge in [0, 0.05) is 23.2 Å². The van der Waals surface area contributed by atoms with Crippen molar-refractivity contribution in [1.82, 2.24) is 20.1 Å². The van der Waals surface area contributed by atoms with Gasteiger partial charge in [-0.05, 0) is 38.6 Å². The molecule has 0 bridgehead atoms. The Labute approximate surface area is 130 Å². The molecule has 1 unspecified atom stereocenters. The van der Waals surface area contributed by atoms with Crippen molar-refractivity contribution >= 4 is 11.6 Å². The van der Waals surface area contributed by atoms with E-state index < -0.39 is 0 Å². The number of benzene rings is 1. The van der Waals surface area contributed by atoms with Crippen LogP contribution in [0.2, 0.25) is 5.02 Å². The van der Waals surface area contributed by atoms with Gasteiger partial charge in [0.05, 0.1) is 0 Å². The Kier molecular flexibility index (Phi) is 5.59. The molecule has 0 spiro atoms. The lowest BCUT2D eigenvalue weighted by Gasteiger charge is -2.17. The van der Waals surface area contributed by atoms with Gasteiger partial charge in [0.1, 0.15) is 18.7 Å². The molecular formula is C15H21ClN4O. The van der Waals surface area contributed by atoms with Crippen molar-refractivity contribution in [3.63, 3.8) is 0 Å². The standard InChI is InChI=1S/C15H21ClN4O/c1-4-7-20-15(18-10-19-20)9-21-14-6-5-12(16)8-13(14)11(2)17-3/h5-6,8,10-11,17H,4,7,9H2,1-3H3. The minimum atomic E-state index is 0.159. The number of nitrogens with zero attached hydrogens (tertiary/aromatic N) is 3. The monoisotopic (exact) mass is 308 g/mol. The van der Waals surface area contributed by atoms with E-state index in [-0.39, 0.29) is 6.04 Å². The average Bonchev–Trinajstić information content (AvgIpc) is 2.93. The molecule has 2 rings (SSSR count). The summed E-state index contributed by atoms with van der Waals surface area (Å²) in [5.41, 5.74) is 1.03. The number of nitrogens with one attached hydrogen (secondary N) is 1. The Morgan fingerprint density at radius 1 is 1.43 bits per heavy atom. The fraction of sp³-hybridized carbons (Fsp3) is 0.467. The van der Waals surface area contributed by atoms with Crippen LogP contribution >= 0.6 is 11.6 Å². The summed E-state index contributed by atoms with van der Waals surface area (Å²) in [4.78, 5) is 4.25. The van der Waals surface area contributed by atoms with E-state index in [1.54, 1.807) is 6.33 Å². The summed E-state index contributed by atoms with van der Waals surface area (Å²) in [5, 5.41) is 8.10. The highest BCUT2D eigenvalue weighted by molar-refractivity contribution is 6.30. The van der Waals surface area contributed by atoms with Crippen LogP contribution in [0.25, 0.3) is 0 Å². The summed E-state index contributed by atoms with van der Waals surface area (Å²) in [6.07, 6.45) is 2.58. The van der Waals surface area contributed by atoms with Crippen LogP contribution in [-0.2, 0) is 13.2 Å². The van der Waals surface area contributed by atoms with Crippen LogP contribution in [0.3, 0.4) is 0 Å². The van der Waals surface area contributed by atoms with Crippen molar-refractivity contribution in [3.05, 3.63) is 40.9 Å². The smallest absolute Gasteiger partial charge is 0.164 e. The van der Waals surface area contributed by atoms with Gasteiger partial charge >= 0.3 is 0 Å². The lowest BCUT2D eigenvalue weighted by atomic mass is 10.1. The van der Waals surface area contributed by atoms with Crippen LogP contribution in [0.1, 0.15) is 37.7 Å². The molecular weight excluding hydrogens is 288 g/mol. The van der Waals surface area contributed by atoms with E-state index in [4.69, 9.17) is 16.3 Å². The van der Waals surface area contributed by atoms with Crippen LogP contribution < -0.4 is 10.1 Å². The van der Waals surface area contributed by atoms with Gasteiger partial charge in [-0.1, -0.05) is 18.5 Å². The molecule has 0 saturated carbocycles. The maximum Gasteiger partial charge on any atom is 0.164 e. The van der Waals surface area contributed by atoms with E-state index in [1.807, 2.05) is 29.9 Å². The molecule has 2 aromatic rings. The second-order valence-corrected chi connectivity index (χ2v) is 5.32. The lowest BCUT2D eigenvalue weighted by Crippen LogP contribution is -2.14. The van der Waals surface area contributed by atoms with Gasteiger partial charge in [0.2, 0.25) is 0 Å². The van der Waals surface area contributed by atoms with Crippen molar-refractivity contribution in [3.8, 4) is 5.75 Å². The lowest BCUT2D eigenvalue weighted by molar-refractivity contribution is 0.281. The summed E-state index contributed by atoms with van der Waals surface area (Å²) in [7, 11) is 1.91. The van der Waals surface area contributed by atoms with Crippen LogP contribution in [0.15, 0.2) is 24.5 Å². The summed E-state index contributed by atoms with van der Waals surface area (Å²) in [5.74, 6) is 1.64. The minimum absolute atomic E-state index is 0.159. The van der Waals surface area contributed by atoms with Crippen molar-refractivity contribution in [2.75, 3.05) is 7.05 Å². The van der Waals surface area contributed by atoms with E-state index in [0.717, 1.165) is 30.1 Å². The number of hydrogen-bond acceptors (Lipinski definition) is 4. The molecule has 1 N–H and O–H groups in total. The molecule has 0 aliphatic heterocycles. The number of hydrogen-bond donors (Lipinski definition) is 1. The molecule has 5 nitrogen and oxygen atoms in total. The first-order valence-electron chi connectivity index (χ1n) is 7.12. The summed E-state index contributed by atoms with van der Waals surface area (Å²) < 4.78 is 7.80. The summed E-state index contributed by atoms with van der Waals surface area (Å²) >= 11 is 6.07. The summed E-state index contributed by atoms with van der Waals surface area (Å²) in [6.45, 7) is 5.42. The third kappa shape index (κ3) is 3.95. The Morgan fingerprint density at radius 2 is 2.24 bits per heavy atom. The Morgan fingerprint density at radius 3 is 2.95 bits per heavy atom. The molecule has 1 atom stereocenters. The third-order valence-corrected chi connectivity index (χ3v) is 3.59. The number of aromatic nitrogens is 3. The second-order valence-electron chi connectivity index (χ2n) is 4.88. The van der Waals surface area contributed by atoms with Crippen LogP contribution in [0.5, 0.6) is 5.75 Å². The van der Waals surface area contributed by atoms with Gasteiger partial charge in [-0.15, -0.1) is 0 Å². The zero-order valence-corrected chi connectivity index (χ0v) is 13.4. The van der Waals surface area contributed by atoms with Gasteiger partial charge in [-0.25, -0.2) is 9.67 Å². The largest absolute Gasteiger partial charge is 0.485 e. The Bertz CT molecular complexity index is 585. The predicted octanol–water partition coefficient (Wildman–Crippen LogP) is 3.20. The number of ether oxygens (including phenoxy) is 1. The highest BCUT2D eigenvalue weighted by Crippen LogP contribution is 2.28. The molecule has 0 saturated heterocycles. The van der Waals surface area contributed by atoms with Crippen LogP contribution in [0.4, 0.5) is 0 Å². The maximum absolute atomic E-state index is 6.07. The van der Waals surface area contributed by atoms with Gasteiger partial charge < -0.3 is 10.1 Å². The number of rotatable bonds is 7. The first-order chi connectivity index (χ1) is 10.2. The number of halogens is 1. The highest BCUT2D eigenvalue weighted by Gasteiger charge is 2.12. The quantitative estimate of drug-likeness (QED) is 0.853. The first kappa shape index (κ1) is 15.8. The van der Waals surface area contributed by atoms with Crippen LogP contribution in [0, 0.1) is 0 Å². The van der Waals surface area contributed by atoms with Crippen LogP contribution in [-0.4, -0.2) is 21.8 Å². The molecule has 0 fully saturated rings. The molecule has 0 amide bonds.